The van der Waals surface area contributed by atoms with Crippen molar-refractivity contribution in [1.82, 2.24) is 4.90 Å². The van der Waals surface area contributed by atoms with Crippen LogP contribution in [0.25, 0.3) is 0 Å². The van der Waals surface area contributed by atoms with Gasteiger partial charge in [0.1, 0.15) is 11.7 Å². The van der Waals surface area contributed by atoms with Crippen LogP contribution in [-0.2, 0) is 14.2 Å². The van der Waals surface area contributed by atoms with Gasteiger partial charge >= 0.3 is 0 Å². The zero-order chi connectivity index (χ0) is 22.8. The third-order valence-corrected chi connectivity index (χ3v) is 11.2. The highest BCUT2D eigenvalue weighted by Gasteiger charge is 2.87. The first-order valence-corrected chi connectivity index (χ1v) is 12.3. The van der Waals surface area contributed by atoms with Crippen LogP contribution in [0.1, 0.15) is 26.2 Å². The molecule has 7 bridgehead atoms. The Morgan fingerprint density at radius 1 is 1.03 bits per heavy atom. The van der Waals surface area contributed by atoms with Crippen molar-refractivity contribution < 1.29 is 34.6 Å². The molecule has 6 aliphatic rings. The first kappa shape index (κ1) is 22.2. The van der Waals surface area contributed by atoms with E-state index in [1.807, 2.05) is 0 Å². The van der Waals surface area contributed by atoms with Gasteiger partial charge in [0.15, 0.2) is 0 Å². The summed E-state index contributed by atoms with van der Waals surface area (Å²) >= 11 is 0. The number of nitrogens with zero attached hydrogens (tertiary/aromatic N) is 1. The zero-order valence-corrected chi connectivity index (χ0v) is 19.6. The van der Waals surface area contributed by atoms with Crippen LogP contribution >= 0.6 is 0 Å². The molecule has 32 heavy (non-hydrogen) atoms. The van der Waals surface area contributed by atoms with Crippen LogP contribution in [0.3, 0.4) is 0 Å². The minimum Gasteiger partial charge on any atom is -0.392 e. The number of fused-ring (bicyclic) bond motifs is 2. The van der Waals surface area contributed by atoms with Crippen molar-refractivity contribution in [3.63, 3.8) is 0 Å². The normalized spacial score (nSPS) is 62.4. The third kappa shape index (κ3) is 2.07. The van der Waals surface area contributed by atoms with Crippen LogP contribution in [0.5, 0.6) is 0 Å². The van der Waals surface area contributed by atoms with Crippen LogP contribution in [0.15, 0.2) is 0 Å². The molecule has 1 heterocycles. The maximum atomic E-state index is 12.5. The van der Waals surface area contributed by atoms with E-state index >= 15 is 0 Å². The van der Waals surface area contributed by atoms with Gasteiger partial charge in [0, 0.05) is 68.4 Å². The van der Waals surface area contributed by atoms with Gasteiger partial charge in [-0.3, -0.25) is 4.90 Å². The minimum atomic E-state index is -1.54. The predicted octanol–water partition coefficient (Wildman–Crippen LogP) is -0.527. The molecule has 1 aliphatic heterocycles. The van der Waals surface area contributed by atoms with Crippen LogP contribution in [0, 0.1) is 40.4 Å². The van der Waals surface area contributed by atoms with Gasteiger partial charge in [-0.15, -0.1) is 0 Å². The molecule has 4 N–H and O–H groups in total. The van der Waals surface area contributed by atoms with E-state index in [4.69, 9.17) is 14.2 Å². The van der Waals surface area contributed by atoms with Gasteiger partial charge in [0.2, 0.25) is 0 Å². The summed E-state index contributed by atoms with van der Waals surface area (Å²) in [4.78, 5) is 2.42. The Hall–Kier alpha value is -0.320. The average Bonchev–Trinajstić information content (AvgIpc) is 3.19. The van der Waals surface area contributed by atoms with E-state index in [-0.39, 0.29) is 35.3 Å². The topological polar surface area (TPSA) is 112 Å². The molecule has 5 saturated carbocycles. The molecule has 8 nitrogen and oxygen atoms in total. The van der Waals surface area contributed by atoms with Crippen molar-refractivity contribution >= 4 is 0 Å². The molecule has 5 aliphatic carbocycles. The summed E-state index contributed by atoms with van der Waals surface area (Å²) in [5, 5.41) is 47.3. The number of ether oxygens (including phenoxy) is 3. The number of aliphatic hydroxyl groups excluding tert-OH is 3. The Balaban J connectivity index is 1.64. The molecular weight excluding hydrogens is 414 g/mol. The van der Waals surface area contributed by atoms with Crippen LogP contribution < -0.4 is 0 Å². The fraction of sp³-hybridized carbons (Fsp3) is 1.00. The summed E-state index contributed by atoms with van der Waals surface area (Å²) in [7, 11) is 4.98. The zero-order valence-electron chi connectivity index (χ0n) is 19.6. The summed E-state index contributed by atoms with van der Waals surface area (Å²) in [6.07, 6.45) is -1.22. The lowest BCUT2D eigenvalue weighted by Gasteiger charge is -2.69. The van der Waals surface area contributed by atoms with E-state index < -0.39 is 47.3 Å². The average molecular weight is 454 g/mol. The molecule has 8 heteroatoms. The Bertz CT molecular complexity index is 783. The van der Waals surface area contributed by atoms with Gasteiger partial charge in [-0.1, -0.05) is 6.92 Å². The molecule has 0 aromatic rings. The first-order chi connectivity index (χ1) is 15.3. The molecule has 14 atom stereocenters. The smallest absolute Gasteiger partial charge is 0.110 e. The van der Waals surface area contributed by atoms with Crippen molar-refractivity contribution in [2.24, 2.45) is 40.4 Å². The molecule has 1 spiro atoms. The van der Waals surface area contributed by atoms with E-state index in [2.05, 4.69) is 11.8 Å². The number of piperidine rings is 1. The van der Waals surface area contributed by atoms with Crippen molar-refractivity contribution in [3.05, 3.63) is 0 Å². The number of likely N-dealkylation sites (tertiary alicyclic amines) is 1. The Labute approximate surface area is 189 Å². The fourth-order valence-corrected chi connectivity index (χ4v) is 10.7. The third-order valence-electron chi connectivity index (χ3n) is 11.2. The van der Waals surface area contributed by atoms with Gasteiger partial charge in [-0.05, 0) is 31.7 Å². The molecule has 0 aromatic heterocycles. The Morgan fingerprint density at radius 2 is 1.75 bits per heavy atom. The van der Waals surface area contributed by atoms with Crippen LogP contribution in [0.2, 0.25) is 0 Å². The molecule has 182 valence electrons. The molecule has 0 aromatic carbocycles. The fourth-order valence-electron chi connectivity index (χ4n) is 10.7. The molecule has 6 fully saturated rings. The second kappa shape index (κ2) is 6.88. The number of aliphatic hydroxyl groups is 4. The van der Waals surface area contributed by atoms with E-state index in [0.29, 0.717) is 19.4 Å². The summed E-state index contributed by atoms with van der Waals surface area (Å²) < 4.78 is 17.7. The summed E-state index contributed by atoms with van der Waals surface area (Å²) in [5.41, 5.74) is -2.24. The second-order valence-corrected chi connectivity index (χ2v) is 11.6. The molecule has 0 amide bonds. The van der Waals surface area contributed by atoms with Crippen LogP contribution in [-0.4, -0.2) is 109 Å². The summed E-state index contributed by atoms with van der Waals surface area (Å²) in [6, 6.07) is -0.120. The number of hydrogen-bond acceptors (Lipinski definition) is 8. The molecule has 6 rings (SSSR count). The second-order valence-electron chi connectivity index (χ2n) is 11.6. The van der Waals surface area contributed by atoms with Crippen molar-refractivity contribution in [2.45, 2.75) is 68.3 Å². The van der Waals surface area contributed by atoms with Gasteiger partial charge < -0.3 is 34.6 Å². The van der Waals surface area contributed by atoms with Crippen molar-refractivity contribution in [3.8, 4) is 0 Å². The van der Waals surface area contributed by atoms with Gasteiger partial charge in [-0.2, -0.15) is 0 Å². The number of hydrogen-bond donors (Lipinski definition) is 4. The van der Waals surface area contributed by atoms with E-state index in [9.17, 15) is 20.4 Å². The van der Waals surface area contributed by atoms with E-state index in [0.717, 1.165) is 19.5 Å². The molecular formula is C24H39NO7. The summed E-state index contributed by atoms with van der Waals surface area (Å²) in [5.74, 6) is -1.29. The lowest BCUT2D eigenvalue weighted by atomic mass is 9.43. The highest BCUT2D eigenvalue weighted by atomic mass is 16.5. The summed E-state index contributed by atoms with van der Waals surface area (Å²) in [6.45, 7) is 4.33. The number of rotatable bonds is 5. The molecule has 0 unspecified atom stereocenters. The number of methoxy groups -OCH3 is 3. The maximum Gasteiger partial charge on any atom is 0.110 e. The predicted molar refractivity (Wildman–Crippen MR) is 114 cm³/mol. The Kier molecular flexibility index (Phi) is 4.76. The highest BCUT2D eigenvalue weighted by Crippen LogP contribution is 2.79. The lowest BCUT2D eigenvalue weighted by molar-refractivity contribution is -0.297. The van der Waals surface area contributed by atoms with E-state index in [1.54, 1.807) is 21.3 Å². The SMILES string of the molecule is CCN1C[C@@]2(COC)CC[C@H](O)[C@]34[C@H]5C[C@H]6[C@H](O)[C@H]5[C@@](O)([C@H]([C@H](OC)[C@@H]23)[C@@H]14)[C@@H](O)[C@@H]6OC. The maximum absolute atomic E-state index is 12.5. The first-order valence-electron chi connectivity index (χ1n) is 12.3. The lowest BCUT2D eigenvalue weighted by Crippen LogP contribution is -2.78. The highest BCUT2D eigenvalue weighted by molar-refractivity contribution is 5.36. The minimum absolute atomic E-state index is 0.000250. The van der Waals surface area contributed by atoms with Gasteiger partial charge in [0.05, 0.1) is 31.0 Å². The molecule has 1 saturated heterocycles. The Morgan fingerprint density at radius 3 is 2.38 bits per heavy atom. The standard InChI is InChI=1S/C24H39NO7/c1-5-25-9-22(10-30-2)7-6-13(26)23-12-8-11-16(27)14(12)24(29,21(28)17(11)31-3)15(20(23)25)18(32-4)19(22)23/h11-21,26-29H,5-10H2,1-4H3/t11-,12-,13-,14-,15+,16-,17+,18-,19-,20+,21-,22+,23+,24+/m0/s1. The van der Waals surface area contributed by atoms with Crippen molar-refractivity contribution in [1.29, 1.82) is 0 Å². The monoisotopic (exact) mass is 453 g/mol. The largest absolute Gasteiger partial charge is 0.392 e. The van der Waals surface area contributed by atoms with Gasteiger partial charge in [0.25, 0.3) is 0 Å². The van der Waals surface area contributed by atoms with Crippen molar-refractivity contribution in [2.75, 3.05) is 41.0 Å². The van der Waals surface area contributed by atoms with Crippen LogP contribution in [0.4, 0.5) is 0 Å². The van der Waals surface area contributed by atoms with Gasteiger partial charge in [-0.25, -0.2) is 0 Å². The van der Waals surface area contributed by atoms with E-state index in [1.165, 1.54) is 0 Å². The quantitative estimate of drug-likeness (QED) is 0.440. The molecule has 0 radical (unpaired) electrons.